The number of esters is 1. The van der Waals surface area contributed by atoms with Crippen molar-refractivity contribution in [3.05, 3.63) is 68.7 Å². The van der Waals surface area contributed by atoms with Crippen LogP contribution in [0.4, 0.5) is 11.4 Å². The summed E-state index contributed by atoms with van der Waals surface area (Å²) in [4.78, 5) is 34.4. The van der Waals surface area contributed by atoms with Gasteiger partial charge in [0.15, 0.2) is 6.10 Å². The van der Waals surface area contributed by atoms with Crippen molar-refractivity contribution in [3.63, 3.8) is 0 Å². The summed E-state index contributed by atoms with van der Waals surface area (Å²) in [5.74, 6) is -1.56. The van der Waals surface area contributed by atoms with Crippen LogP contribution in [0.5, 0.6) is 0 Å². The molecule has 0 unspecified atom stereocenters. The van der Waals surface area contributed by atoms with Crippen molar-refractivity contribution in [1.29, 1.82) is 5.26 Å². The maximum atomic E-state index is 12.1. The molecule has 2 aromatic rings. The average Bonchev–Trinajstić information content (AvgIpc) is 2.62. The molecule has 0 bridgehead atoms. The van der Waals surface area contributed by atoms with Crippen LogP contribution >= 0.6 is 11.6 Å². The number of nitriles is 1. The summed E-state index contributed by atoms with van der Waals surface area (Å²) in [5, 5.41) is 22.0. The molecule has 1 atom stereocenters. The second-order valence-electron chi connectivity index (χ2n) is 5.15. The van der Waals surface area contributed by atoms with E-state index < -0.39 is 22.9 Å². The number of nitro groups is 1. The summed E-state index contributed by atoms with van der Waals surface area (Å²) in [6.07, 6.45) is -1.17. The van der Waals surface area contributed by atoms with Crippen molar-refractivity contribution in [1.82, 2.24) is 0 Å². The Balaban J connectivity index is 2.06. The van der Waals surface area contributed by atoms with Crippen LogP contribution in [0.15, 0.2) is 42.5 Å². The fraction of sp³-hybridized carbons (Fsp3) is 0.118. The zero-order valence-corrected chi connectivity index (χ0v) is 14.2. The lowest BCUT2D eigenvalue weighted by Crippen LogP contribution is -2.30. The molecule has 0 aliphatic rings. The van der Waals surface area contributed by atoms with Crippen molar-refractivity contribution in [2.75, 3.05) is 5.32 Å². The van der Waals surface area contributed by atoms with E-state index >= 15 is 0 Å². The lowest BCUT2D eigenvalue weighted by atomic mass is 10.2. The Kier molecular flexibility index (Phi) is 5.88. The fourth-order valence-corrected chi connectivity index (χ4v) is 2.13. The summed E-state index contributed by atoms with van der Waals surface area (Å²) >= 11 is 5.87. The summed E-state index contributed by atoms with van der Waals surface area (Å²) in [7, 11) is 0. The highest BCUT2D eigenvalue weighted by Crippen LogP contribution is 2.23. The number of carbonyl (C=O) groups excluding carboxylic acids is 2. The number of hydrogen-bond donors (Lipinski definition) is 1. The fourth-order valence-electron chi connectivity index (χ4n) is 1.93. The van der Waals surface area contributed by atoms with Crippen LogP contribution in [0.3, 0.4) is 0 Å². The number of carbonyl (C=O) groups is 2. The van der Waals surface area contributed by atoms with Crippen LogP contribution in [0.2, 0.25) is 5.02 Å². The molecule has 9 heteroatoms. The zero-order chi connectivity index (χ0) is 19.3. The maximum Gasteiger partial charge on any atom is 0.340 e. The van der Waals surface area contributed by atoms with Crippen LogP contribution in [-0.4, -0.2) is 22.9 Å². The Labute approximate surface area is 153 Å². The second kappa shape index (κ2) is 8.09. The number of nitrogens with zero attached hydrogens (tertiary/aromatic N) is 2. The first-order valence-corrected chi connectivity index (χ1v) is 7.65. The van der Waals surface area contributed by atoms with Gasteiger partial charge < -0.3 is 10.1 Å². The maximum absolute atomic E-state index is 12.1. The molecule has 0 aromatic heterocycles. The number of benzene rings is 2. The summed E-state index contributed by atoms with van der Waals surface area (Å²) in [6.45, 7) is 1.35. The normalized spacial score (nSPS) is 11.1. The van der Waals surface area contributed by atoms with Crippen LogP contribution < -0.4 is 5.32 Å². The van der Waals surface area contributed by atoms with E-state index in [1.807, 2.05) is 6.07 Å². The van der Waals surface area contributed by atoms with Crippen molar-refractivity contribution in [2.24, 2.45) is 0 Å². The van der Waals surface area contributed by atoms with Crippen molar-refractivity contribution in [2.45, 2.75) is 13.0 Å². The monoisotopic (exact) mass is 373 g/mol. The molecule has 2 rings (SSSR count). The molecule has 0 saturated heterocycles. The standard InChI is InChI=1S/C17H12ClN3O5/c1-10(16(22)20-12-4-2-11(9-19)3-5-12)26-17(23)14-8-13(21(24)25)6-7-15(14)18/h2-8,10H,1H3,(H,20,22)/t10-/m0/s1. The van der Waals surface area contributed by atoms with Gasteiger partial charge in [0, 0.05) is 17.8 Å². The highest BCUT2D eigenvalue weighted by molar-refractivity contribution is 6.33. The quantitative estimate of drug-likeness (QED) is 0.487. The van der Waals surface area contributed by atoms with Gasteiger partial charge in [0.2, 0.25) is 0 Å². The smallest absolute Gasteiger partial charge is 0.340 e. The van der Waals surface area contributed by atoms with E-state index in [0.29, 0.717) is 11.3 Å². The molecule has 0 radical (unpaired) electrons. The van der Waals surface area contributed by atoms with E-state index in [4.69, 9.17) is 21.6 Å². The van der Waals surface area contributed by atoms with Crippen molar-refractivity contribution < 1.29 is 19.2 Å². The highest BCUT2D eigenvalue weighted by atomic mass is 35.5. The predicted molar refractivity (Wildman–Crippen MR) is 92.8 cm³/mol. The first kappa shape index (κ1) is 18.9. The lowest BCUT2D eigenvalue weighted by molar-refractivity contribution is -0.384. The number of amides is 1. The van der Waals surface area contributed by atoms with E-state index in [1.165, 1.54) is 37.3 Å². The SMILES string of the molecule is C[C@H](OC(=O)c1cc([N+](=O)[O-])ccc1Cl)C(=O)Nc1ccc(C#N)cc1. The Morgan fingerprint density at radius 3 is 2.50 bits per heavy atom. The molecule has 1 N–H and O–H groups in total. The second-order valence-corrected chi connectivity index (χ2v) is 5.55. The minimum absolute atomic E-state index is 0.0275. The van der Waals surface area contributed by atoms with Gasteiger partial charge in [0.05, 0.1) is 27.1 Å². The van der Waals surface area contributed by atoms with Gasteiger partial charge in [0.25, 0.3) is 11.6 Å². The topological polar surface area (TPSA) is 122 Å². The number of non-ortho nitro benzene ring substituents is 1. The van der Waals surface area contributed by atoms with Gasteiger partial charge in [-0.25, -0.2) is 4.79 Å². The minimum atomic E-state index is -1.17. The van der Waals surface area contributed by atoms with Gasteiger partial charge in [0.1, 0.15) is 0 Å². The lowest BCUT2D eigenvalue weighted by Gasteiger charge is -2.14. The molecule has 0 fully saturated rings. The summed E-state index contributed by atoms with van der Waals surface area (Å²) in [5.41, 5.74) is 0.322. The average molecular weight is 374 g/mol. The predicted octanol–water partition coefficient (Wildman–Crippen LogP) is 3.30. The molecule has 26 heavy (non-hydrogen) atoms. The molecule has 1 amide bonds. The number of nitro benzene ring substituents is 1. The number of anilines is 1. The number of hydrogen-bond acceptors (Lipinski definition) is 6. The molecule has 0 heterocycles. The van der Waals surface area contributed by atoms with Gasteiger partial charge in [-0.3, -0.25) is 14.9 Å². The van der Waals surface area contributed by atoms with E-state index in [-0.39, 0.29) is 16.3 Å². The van der Waals surface area contributed by atoms with Gasteiger partial charge in [-0.05, 0) is 37.3 Å². The van der Waals surface area contributed by atoms with Crippen LogP contribution in [0.1, 0.15) is 22.8 Å². The number of halogens is 1. The number of nitrogens with one attached hydrogen (secondary N) is 1. The minimum Gasteiger partial charge on any atom is -0.449 e. The summed E-state index contributed by atoms with van der Waals surface area (Å²) < 4.78 is 5.02. The Hall–Kier alpha value is -3.44. The molecule has 2 aromatic carbocycles. The van der Waals surface area contributed by atoms with Crippen molar-refractivity contribution >= 4 is 34.9 Å². The van der Waals surface area contributed by atoms with Crippen LogP contribution in [0, 0.1) is 21.4 Å². The molecule has 0 spiro atoms. The van der Waals surface area contributed by atoms with Gasteiger partial charge >= 0.3 is 5.97 Å². The van der Waals surface area contributed by atoms with Crippen LogP contribution in [-0.2, 0) is 9.53 Å². The Bertz CT molecular complexity index is 906. The third kappa shape index (κ3) is 4.55. The first-order chi connectivity index (χ1) is 12.3. The molecule has 0 saturated carbocycles. The third-order valence-corrected chi connectivity index (χ3v) is 3.64. The van der Waals surface area contributed by atoms with Crippen molar-refractivity contribution in [3.8, 4) is 6.07 Å². The third-order valence-electron chi connectivity index (χ3n) is 3.32. The van der Waals surface area contributed by atoms with E-state index in [9.17, 15) is 19.7 Å². The largest absolute Gasteiger partial charge is 0.449 e. The molecule has 8 nitrogen and oxygen atoms in total. The van der Waals surface area contributed by atoms with E-state index in [1.54, 1.807) is 0 Å². The Morgan fingerprint density at radius 2 is 1.92 bits per heavy atom. The Morgan fingerprint density at radius 1 is 1.27 bits per heavy atom. The molecular weight excluding hydrogens is 362 g/mol. The van der Waals surface area contributed by atoms with E-state index in [0.717, 1.165) is 12.1 Å². The molecule has 0 aliphatic carbocycles. The highest BCUT2D eigenvalue weighted by Gasteiger charge is 2.22. The molecular formula is C17H12ClN3O5. The summed E-state index contributed by atoms with van der Waals surface area (Å²) in [6, 6.07) is 11.4. The van der Waals surface area contributed by atoms with Gasteiger partial charge in [-0.1, -0.05) is 11.6 Å². The molecule has 0 aliphatic heterocycles. The first-order valence-electron chi connectivity index (χ1n) is 7.27. The van der Waals surface area contributed by atoms with Crippen LogP contribution in [0.25, 0.3) is 0 Å². The zero-order valence-electron chi connectivity index (χ0n) is 13.4. The van der Waals surface area contributed by atoms with Gasteiger partial charge in [-0.2, -0.15) is 5.26 Å². The number of rotatable bonds is 5. The number of ether oxygens (including phenoxy) is 1. The van der Waals surface area contributed by atoms with Gasteiger partial charge in [-0.15, -0.1) is 0 Å². The van der Waals surface area contributed by atoms with E-state index in [2.05, 4.69) is 5.32 Å². The molecule has 132 valence electrons.